The van der Waals surface area contributed by atoms with E-state index in [-0.39, 0.29) is 6.61 Å². The molecule has 0 heterocycles. The SMILES string of the molecule is COc1ccc(C(OCCCCCO)(c2ccccc2)c2ccc(OC)cc2)cc1. The Morgan fingerprint density at radius 3 is 1.60 bits per heavy atom. The van der Waals surface area contributed by atoms with Crippen LogP contribution in [-0.4, -0.2) is 32.5 Å². The number of rotatable bonds is 11. The molecule has 3 rings (SSSR count). The summed E-state index contributed by atoms with van der Waals surface area (Å²) < 4.78 is 17.5. The van der Waals surface area contributed by atoms with Crippen molar-refractivity contribution in [3.63, 3.8) is 0 Å². The van der Waals surface area contributed by atoms with Gasteiger partial charge in [0.15, 0.2) is 0 Å². The van der Waals surface area contributed by atoms with Crippen LogP contribution in [0.15, 0.2) is 78.9 Å². The molecule has 3 aromatic rings. The molecule has 0 atom stereocenters. The van der Waals surface area contributed by atoms with Crippen molar-refractivity contribution in [1.29, 1.82) is 0 Å². The molecule has 0 saturated heterocycles. The van der Waals surface area contributed by atoms with Gasteiger partial charge in [0.25, 0.3) is 0 Å². The van der Waals surface area contributed by atoms with Crippen LogP contribution in [0.25, 0.3) is 0 Å². The molecule has 0 aromatic heterocycles. The van der Waals surface area contributed by atoms with E-state index in [1.807, 2.05) is 42.5 Å². The van der Waals surface area contributed by atoms with Gasteiger partial charge in [0.05, 0.1) is 14.2 Å². The number of hydrogen-bond donors (Lipinski definition) is 1. The van der Waals surface area contributed by atoms with Crippen LogP contribution >= 0.6 is 0 Å². The molecule has 0 fully saturated rings. The quantitative estimate of drug-likeness (QED) is 0.352. The van der Waals surface area contributed by atoms with Gasteiger partial charge >= 0.3 is 0 Å². The summed E-state index contributed by atoms with van der Waals surface area (Å²) in [7, 11) is 3.33. The summed E-state index contributed by atoms with van der Waals surface area (Å²) in [5.74, 6) is 1.61. The van der Waals surface area contributed by atoms with Crippen LogP contribution in [0.1, 0.15) is 36.0 Å². The standard InChI is InChI=1S/C26H30O4/c1-28-24-15-11-22(12-16-24)26(21-9-5-3-6-10-21,30-20-8-4-7-19-27)23-13-17-25(29-2)18-14-23/h3,5-6,9-18,27H,4,7-8,19-20H2,1-2H3. The molecule has 0 saturated carbocycles. The molecule has 1 N–H and O–H groups in total. The average molecular weight is 407 g/mol. The highest BCUT2D eigenvalue weighted by Crippen LogP contribution is 2.41. The molecule has 4 heteroatoms. The first-order valence-corrected chi connectivity index (χ1v) is 10.3. The highest BCUT2D eigenvalue weighted by molar-refractivity contribution is 5.49. The predicted octanol–water partition coefficient (Wildman–Crippen LogP) is 5.17. The predicted molar refractivity (Wildman–Crippen MR) is 119 cm³/mol. The maximum absolute atomic E-state index is 9.09. The third kappa shape index (κ3) is 4.84. The fourth-order valence-corrected chi connectivity index (χ4v) is 3.69. The highest BCUT2D eigenvalue weighted by atomic mass is 16.5. The minimum Gasteiger partial charge on any atom is -0.497 e. The van der Waals surface area contributed by atoms with Gasteiger partial charge in [-0.1, -0.05) is 54.6 Å². The van der Waals surface area contributed by atoms with Gasteiger partial charge in [-0.2, -0.15) is 0 Å². The van der Waals surface area contributed by atoms with E-state index in [2.05, 4.69) is 36.4 Å². The molecule has 0 bridgehead atoms. The van der Waals surface area contributed by atoms with Crippen LogP contribution in [0.5, 0.6) is 11.5 Å². The smallest absolute Gasteiger partial charge is 0.143 e. The lowest BCUT2D eigenvalue weighted by atomic mass is 9.80. The van der Waals surface area contributed by atoms with Crippen LogP contribution in [0.2, 0.25) is 0 Å². The Morgan fingerprint density at radius 1 is 0.633 bits per heavy atom. The summed E-state index contributed by atoms with van der Waals surface area (Å²) in [6, 6.07) is 26.4. The Bertz CT molecular complexity index is 826. The maximum Gasteiger partial charge on any atom is 0.143 e. The van der Waals surface area contributed by atoms with Gasteiger partial charge < -0.3 is 19.3 Å². The molecule has 0 spiro atoms. The van der Waals surface area contributed by atoms with Crippen molar-refractivity contribution in [2.75, 3.05) is 27.4 Å². The second-order valence-electron chi connectivity index (χ2n) is 7.14. The van der Waals surface area contributed by atoms with Crippen LogP contribution in [0, 0.1) is 0 Å². The second-order valence-corrected chi connectivity index (χ2v) is 7.14. The first-order valence-electron chi connectivity index (χ1n) is 10.3. The zero-order valence-corrected chi connectivity index (χ0v) is 17.7. The van der Waals surface area contributed by atoms with E-state index in [9.17, 15) is 0 Å². The van der Waals surface area contributed by atoms with Crippen LogP contribution in [0.4, 0.5) is 0 Å². The van der Waals surface area contributed by atoms with E-state index in [0.717, 1.165) is 47.5 Å². The number of methoxy groups -OCH3 is 2. The van der Waals surface area contributed by atoms with Crippen molar-refractivity contribution in [3.05, 3.63) is 95.6 Å². The Morgan fingerprint density at radius 2 is 1.13 bits per heavy atom. The summed E-state index contributed by atoms with van der Waals surface area (Å²) in [5.41, 5.74) is 2.35. The van der Waals surface area contributed by atoms with Crippen molar-refractivity contribution < 1.29 is 19.3 Å². The highest BCUT2D eigenvalue weighted by Gasteiger charge is 2.37. The van der Waals surface area contributed by atoms with Crippen molar-refractivity contribution in [2.45, 2.75) is 24.9 Å². The fourth-order valence-electron chi connectivity index (χ4n) is 3.69. The van der Waals surface area contributed by atoms with Gasteiger partial charge in [-0.25, -0.2) is 0 Å². The summed E-state index contributed by atoms with van der Waals surface area (Å²) in [6.45, 7) is 0.785. The van der Waals surface area contributed by atoms with Crippen molar-refractivity contribution in [1.82, 2.24) is 0 Å². The van der Waals surface area contributed by atoms with Crippen LogP contribution < -0.4 is 9.47 Å². The first-order chi connectivity index (χ1) is 14.7. The maximum atomic E-state index is 9.09. The van der Waals surface area contributed by atoms with Crippen LogP contribution in [0.3, 0.4) is 0 Å². The first kappa shape index (κ1) is 21.9. The molecule has 158 valence electrons. The third-order valence-electron chi connectivity index (χ3n) is 5.29. The lowest BCUT2D eigenvalue weighted by molar-refractivity contribution is 0.0103. The molecule has 0 aliphatic rings. The number of aliphatic hydroxyl groups excluding tert-OH is 1. The summed E-state index contributed by atoms with van der Waals surface area (Å²) in [4.78, 5) is 0. The summed E-state index contributed by atoms with van der Waals surface area (Å²) in [6.07, 6.45) is 2.58. The Balaban J connectivity index is 2.10. The Kier molecular flexibility index (Phi) is 7.89. The van der Waals surface area contributed by atoms with Gasteiger partial charge in [-0.15, -0.1) is 0 Å². The van der Waals surface area contributed by atoms with E-state index in [0.29, 0.717) is 6.61 Å². The number of hydrogen-bond acceptors (Lipinski definition) is 4. The minimum absolute atomic E-state index is 0.209. The van der Waals surface area contributed by atoms with E-state index in [4.69, 9.17) is 19.3 Å². The van der Waals surface area contributed by atoms with Gasteiger partial charge in [-0.05, 0) is 60.2 Å². The minimum atomic E-state index is -0.765. The topological polar surface area (TPSA) is 47.9 Å². The van der Waals surface area contributed by atoms with Gasteiger partial charge in [0.2, 0.25) is 0 Å². The molecule has 0 radical (unpaired) electrons. The monoisotopic (exact) mass is 406 g/mol. The molecule has 4 nitrogen and oxygen atoms in total. The van der Waals surface area contributed by atoms with Gasteiger partial charge in [0.1, 0.15) is 17.1 Å². The molecule has 0 unspecified atom stereocenters. The van der Waals surface area contributed by atoms with Crippen molar-refractivity contribution in [3.8, 4) is 11.5 Å². The number of benzene rings is 3. The summed E-state index contributed by atoms with van der Waals surface area (Å²) in [5, 5.41) is 9.09. The number of aliphatic hydroxyl groups is 1. The molecule has 0 aliphatic heterocycles. The zero-order valence-electron chi connectivity index (χ0n) is 17.7. The Labute approximate surface area is 179 Å². The number of ether oxygens (including phenoxy) is 3. The third-order valence-corrected chi connectivity index (χ3v) is 5.29. The Hall–Kier alpha value is -2.82. The molecule has 30 heavy (non-hydrogen) atoms. The number of unbranched alkanes of at least 4 members (excludes halogenated alkanes) is 2. The van der Waals surface area contributed by atoms with E-state index >= 15 is 0 Å². The fraction of sp³-hybridized carbons (Fsp3) is 0.308. The normalized spacial score (nSPS) is 11.3. The van der Waals surface area contributed by atoms with Crippen molar-refractivity contribution >= 4 is 0 Å². The lowest BCUT2D eigenvalue weighted by Crippen LogP contribution is -2.33. The lowest BCUT2D eigenvalue weighted by Gasteiger charge is -2.36. The summed E-state index contributed by atoms with van der Waals surface area (Å²) >= 11 is 0. The van der Waals surface area contributed by atoms with Crippen molar-refractivity contribution in [2.24, 2.45) is 0 Å². The molecular weight excluding hydrogens is 376 g/mol. The molecular formula is C26H30O4. The average Bonchev–Trinajstić information content (AvgIpc) is 2.82. The second kappa shape index (κ2) is 10.8. The molecule has 0 amide bonds. The molecule has 3 aromatic carbocycles. The van der Waals surface area contributed by atoms with E-state index < -0.39 is 5.60 Å². The van der Waals surface area contributed by atoms with E-state index in [1.165, 1.54) is 0 Å². The zero-order chi connectivity index (χ0) is 21.2. The van der Waals surface area contributed by atoms with Gasteiger partial charge in [-0.3, -0.25) is 0 Å². The molecule has 0 aliphatic carbocycles. The van der Waals surface area contributed by atoms with Crippen LogP contribution in [-0.2, 0) is 10.3 Å². The van der Waals surface area contributed by atoms with Gasteiger partial charge in [0, 0.05) is 13.2 Å². The van der Waals surface area contributed by atoms with E-state index in [1.54, 1.807) is 14.2 Å². The largest absolute Gasteiger partial charge is 0.497 e.